The van der Waals surface area contributed by atoms with Crippen molar-refractivity contribution in [2.45, 2.75) is 6.92 Å². The Morgan fingerprint density at radius 3 is 2.45 bits per heavy atom. The summed E-state index contributed by atoms with van der Waals surface area (Å²) in [5.74, 6) is 0.761. The zero-order valence-corrected chi connectivity index (χ0v) is 12.4. The molecule has 0 atom stereocenters. The van der Waals surface area contributed by atoms with Gasteiger partial charge in [0.15, 0.2) is 12.0 Å². The minimum absolute atomic E-state index is 0.324. The fourth-order valence-corrected chi connectivity index (χ4v) is 2.37. The molecule has 0 amide bonds. The highest BCUT2D eigenvalue weighted by Gasteiger charge is 2.17. The highest BCUT2D eigenvalue weighted by atomic mass is 16.5. The van der Waals surface area contributed by atoms with Crippen LogP contribution in [0.15, 0.2) is 48.5 Å². The van der Waals surface area contributed by atoms with Crippen LogP contribution in [0.2, 0.25) is 0 Å². The zero-order chi connectivity index (χ0) is 15.5. The van der Waals surface area contributed by atoms with E-state index < -0.39 is 0 Å². The standard InChI is InChI=1S/C17H15N3O2/c1-12-5-3-4-6-15(12)17-16(11-21)18-19-20(17)13-7-9-14(22-2)10-8-13/h3-11H,1-2H3. The van der Waals surface area contributed by atoms with Crippen LogP contribution < -0.4 is 4.74 Å². The molecule has 0 unspecified atom stereocenters. The first kappa shape index (κ1) is 14.0. The predicted octanol–water partition coefficient (Wildman–Crippen LogP) is 3.06. The third-order valence-corrected chi connectivity index (χ3v) is 3.53. The summed E-state index contributed by atoms with van der Waals surface area (Å²) in [6.07, 6.45) is 0.731. The lowest BCUT2D eigenvalue weighted by molar-refractivity contribution is 0.111. The molecule has 3 rings (SSSR count). The molecular formula is C17H15N3O2. The van der Waals surface area contributed by atoms with Gasteiger partial charge in [-0.05, 0) is 36.8 Å². The van der Waals surface area contributed by atoms with Crippen molar-refractivity contribution in [1.82, 2.24) is 15.0 Å². The highest BCUT2D eigenvalue weighted by Crippen LogP contribution is 2.27. The predicted molar refractivity (Wildman–Crippen MR) is 83.5 cm³/mol. The first-order valence-corrected chi connectivity index (χ1v) is 6.86. The number of aryl methyl sites for hydroxylation is 1. The van der Waals surface area contributed by atoms with Crippen LogP contribution in [0, 0.1) is 6.92 Å². The molecule has 0 bridgehead atoms. The second-order valence-corrected chi connectivity index (χ2v) is 4.87. The number of hydrogen-bond donors (Lipinski definition) is 0. The average molecular weight is 293 g/mol. The summed E-state index contributed by atoms with van der Waals surface area (Å²) in [6.45, 7) is 2.00. The third kappa shape index (κ3) is 2.37. The largest absolute Gasteiger partial charge is 0.497 e. The molecule has 0 radical (unpaired) electrons. The Morgan fingerprint density at radius 2 is 1.82 bits per heavy atom. The Bertz CT molecular complexity index is 807. The molecule has 0 aliphatic heterocycles. The Labute approximate surface area is 128 Å². The normalized spacial score (nSPS) is 10.5. The summed E-state index contributed by atoms with van der Waals surface area (Å²) in [7, 11) is 1.62. The van der Waals surface area contributed by atoms with E-state index in [1.54, 1.807) is 11.8 Å². The molecule has 0 N–H and O–H groups in total. The van der Waals surface area contributed by atoms with Crippen LogP contribution >= 0.6 is 0 Å². The summed E-state index contributed by atoms with van der Waals surface area (Å²) in [5, 5.41) is 8.11. The van der Waals surface area contributed by atoms with Crippen molar-refractivity contribution >= 4 is 6.29 Å². The van der Waals surface area contributed by atoms with E-state index in [0.29, 0.717) is 11.4 Å². The Morgan fingerprint density at radius 1 is 1.09 bits per heavy atom. The molecule has 0 aliphatic rings. The van der Waals surface area contributed by atoms with Crippen molar-refractivity contribution < 1.29 is 9.53 Å². The average Bonchev–Trinajstić information content (AvgIpc) is 2.99. The maximum absolute atomic E-state index is 11.3. The summed E-state index contributed by atoms with van der Waals surface area (Å²) < 4.78 is 6.84. The van der Waals surface area contributed by atoms with Gasteiger partial charge in [0.1, 0.15) is 11.4 Å². The highest BCUT2D eigenvalue weighted by molar-refractivity contribution is 5.84. The van der Waals surface area contributed by atoms with E-state index in [0.717, 1.165) is 28.8 Å². The molecule has 0 saturated heterocycles. The molecule has 1 aromatic heterocycles. The molecule has 1 heterocycles. The van der Waals surface area contributed by atoms with Gasteiger partial charge in [0.2, 0.25) is 0 Å². The number of ether oxygens (including phenoxy) is 1. The Hall–Kier alpha value is -2.95. The summed E-state index contributed by atoms with van der Waals surface area (Å²) in [4.78, 5) is 11.3. The van der Waals surface area contributed by atoms with Crippen LogP contribution in [0.4, 0.5) is 0 Å². The van der Waals surface area contributed by atoms with Gasteiger partial charge >= 0.3 is 0 Å². The van der Waals surface area contributed by atoms with Crippen molar-refractivity contribution in [2.75, 3.05) is 7.11 Å². The molecule has 0 spiro atoms. The van der Waals surface area contributed by atoms with Gasteiger partial charge in [-0.1, -0.05) is 29.5 Å². The number of rotatable bonds is 4. The van der Waals surface area contributed by atoms with Crippen LogP contribution in [0.25, 0.3) is 16.9 Å². The van der Waals surface area contributed by atoms with Crippen LogP contribution in [0.1, 0.15) is 16.1 Å². The number of hydrogen-bond acceptors (Lipinski definition) is 4. The molecule has 0 saturated carbocycles. The van der Waals surface area contributed by atoms with Gasteiger partial charge < -0.3 is 4.74 Å². The topological polar surface area (TPSA) is 57.0 Å². The van der Waals surface area contributed by atoms with E-state index in [2.05, 4.69) is 10.3 Å². The maximum atomic E-state index is 11.3. The van der Waals surface area contributed by atoms with Gasteiger partial charge in [0.05, 0.1) is 12.8 Å². The molecule has 110 valence electrons. The van der Waals surface area contributed by atoms with E-state index in [1.807, 2.05) is 55.5 Å². The van der Waals surface area contributed by atoms with Crippen molar-refractivity contribution in [1.29, 1.82) is 0 Å². The Balaban J connectivity index is 2.19. The van der Waals surface area contributed by atoms with E-state index in [1.165, 1.54) is 0 Å². The summed E-state index contributed by atoms with van der Waals surface area (Å²) >= 11 is 0. The number of carbonyl (C=O) groups is 1. The number of methoxy groups -OCH3 is 1. The quantitative estimate of drug-likeness (QED) is 0.694. The molecule has 5 nitrogen and oxygen atoms in total. The van der Waals surface area contributed by atoms with Gasteiger partial charge in [-0.2, -0.15) is 0 Å². The molecule has 2 aromatic carbocycles. The minimum Gasteiger partial charge on any atom is -0.497 e. The first-order chi connectivity index (χ1) is 10.7. The van der Waals surface area contributed by atoms with E-state index in [9.17, 15) is 4.79 Å². The second-order valence-electron chi connectivity index (χ2n) is 4.87. The molecule has 0 aliphatic carbocycles. The molecule has 5 heteroatoms. The van der Waals surface area contributed by atoms with Gasteiger partial charge in [-0.15, -0.1) is 5.10 Å². The van der Waals surface area contributed by atoms with Gasteiger partial charge in [-0.25, -0.2) is 4.68 Å². The van der Waals surface area contributed by atoms with Crippen molar-refractivity contribution in [2.24, 2.45) is 0 Å². The lowest BCUT2D eigenvalue weighted by atomic mass is 10.0. The molecule has 3 aromatic rings. The van der Waals surface area contributed by atoms with Crippen LogP contribution in [-0.2, 0) is 0 Å². The van der Waals surface area contributed by atoms with E-state index in [4.69, 9.17) is 4.74 Å². The summed E-state index contributed by atoms with van der Waals surface area (Å²) in [6, 6.07) is 15.3. The van der Waals surface area contributed by atoms with Gasteiger partial charge in [-0.3, -0.25) is 4.79 Å². The van der Waals surface area contributed by atoms with E-state index in [-0.39, 0.29) is 0 Å². The number of benzene rings is 2. The van der Waals surface area contributed by atoms with Gasteiger partial charge in [0.25, 0.3) is 0 Å². The fraction of sp³-hybridized carbons (Fsp3) is 0.118. The van der Waals surface area contributed by atoms with Gasteiger partial charge in [0, 0.05) is 5.56 Å². The molecule has 22 heavy (non-hydrogen) atoms. The lowest BCUT2D eigenvalue weighted by Crippen LogP contribution is -2.01. The number of nitrogens with zero attached hydrogens (tertiary/aromatic N) is 3. The second kappa shape index (κ2) is 5.81. The molecular weight excluding hydrogens is 278 g/mol. The molecule has 0 fully saturated rings. The minimum atomic E-state index is 0.324. The van der Waals surface area contributed by atoms with Crippen LogP contribution in [0.5, 0.6) is 5.75 Å². The smallest absolute Gasteiger partial charge is 0.172 e. The number of aromatic nitrogens is 3. The maximum Gasteiger partial charge on any atom is 0.172 e. The van der Waals surface area contributed by atoms with Crippen molar-refractivity contribution in [3.63, 3.8) is 0 Å². The monoisotopic (exact) mass is 293 g/mol. The first-order valence-electron chi connectivity index (χ1n) is 6.86. The SMILES string of the molecule is COc1ccc(-n2nnc(C=O)c2-c2ccccc2C)cc1. The Kier molecular flexibility index (Phi) is 3.70. The number of aldehydes is 1. The van der Waals surface area contributed by atoms with Crippen LogP contribution in [0.3, 0.4) is 0 Å². The van der Waals surface area contributed by atoms with Crippen molar-refractivity contribution in [3.05, 3.63) is 59.8 Å². The summed E-state index contributed by atoms with van der Waals surface area (Å²) in [5.41, 5.74) is 3.83. The van der Waals surface area contributed by atoms with Crippen molar-refractivity contribution in [3.8, 4) is 22.7 Å². The zero-order valence-electron chi connectivity index (χ0n) is 12.4. The lowest BCUT2D eigenvalue weighted by Gasteiger charge is -2.10. The van der Waals surface area contributed by atoms with Crippen LogP contribution in [-0.4, -0.2) is 28.4 Å². The number of carbonyl (C=O) groups excluding carboxylic acids is 1. The third-order valence-electron chi connectivity index (χ3n) is 3.53. The van der Waals surface area contributed by atoms with E-state index >= 15 is 0 Å². The fourth-order valence-electron chi connectivity index (χ4n) is 2.37.